The summed E-state index contributed by atoms with van der Waals surface area (Å²) >= 11 is 1.39. The highest BCUT2D eigenvalue weighted by molar-refractivity contribution is 8.00. The first-order valence-corrected chi connectivity index (χ1v) is 6.73. The van der Waals surface area contributed by atoms with E-state index in [0.29, 0.717) is 0 Å². The van der Waals surface area contributed by atoms with Crippen molar-refractivity contribution in [3.05, 3.63) is 65.2 Å². The molecule has 0 aliphatic carbocycles. The summed E-state index contributed by atoms with van der Waals surface area (Å²) in [5.41, 5.74) is 1.28. The van der Waals surface area contributed by atoms with Gasteiger partial charge in [-0.15, -0.1) is 11.8 Å². The summed E-state index contributed by atoms with van der Waals surface area (Å²) < 4.78 is 25.8. The molecule has 0 fully saturated rings. The molecule has 0 saturated carbocycles. The van der Waals surface area contributed by atoms with E-state index in [-0.39, 0.29) is 17.1 Å². The monoisotopic (exact) mass is 278 g/mol. The fourth-order valence-corrected chi connectivity index (χ4v) is 2.54. The van der Waals surface area contributed by atoms with E-state index in [2.05, 4.69) is 0 Å². The molecule has 2 aromatic carbocycles. The molecule has 0 aliphatic rings. The van der Waals surface area contributed by atoms with Crippen molar-refractivity contribution in [3.63, 3.8) is 0 Å². The summed E-state index contributed by atoms with van der Waals surface area (Å²) in [6, 6.07) is 10.9. The molecule has 0 aliphatic heterocycles. The van der Waals surface area contributed by atoms with Crippen molar-refractivity contribution in [2.45, 2.75) is 11.8 Å². The summed E-state index contributed by atoms with van der Waals surface area (Å²) in [7, 11) is 0. The predicted octanol–water partition coefficient (Wildman–Crippen LogP) is 4.25. The van der Waals surface area contributed by atoms with E-state index in [0.717, 1.165) is 22.6 Å². The van der Waals surface area contributed by atoms with Crippen molar-refractivity contribution in [1.29, 1.82) is 0 Å². The van der Waals surface area contributed by atoms with Crippen LogP contribution in [0.1, 0.15) is 15.9 Å². The van der Waals surface area contributed by atoms with Crippen molar-refractivity contribution in [2.24, 2.45) is 0 Å². The molecular weight excluding hydrogens is 266 g/mol. The lowest BCUT2D eigenvalue weighted by Gasteiger charge is -2.05. The van der Waals surface area contributed by atoms with E-state index < -0.39 is 11.6 Å². The second kappa shape index (κ2) is 5.97. The Bertz CT molecular complexity index is 611. The van der Waals surface area contributed by atoms with Gasteiger partial charge < -0.3 is 0 Å². The van der Waals surface area contributed by atoms with Gasteiger partial charge in [0.15, 0.2) is 17.4 Å². The van der Waals surface area contributed by atoms with E-state index in [1.807, 2.05) is 31.2 Å². The first-order chi connectivity index (χ1) is 9.08. The summed E-state index contributed by atoms with van der Waals surface area (Å²) in [6.07, 6.45) is 0. The lowest BCUT2D eigenvalue weighted by molar-refractivity contribution is 0.102. The molecule has 4 heteroatoms. The van der Waals surface area contributed by atoms with Crippen LogP contribution in [0.15, 0.2) is 47.4 Å². The van der Waals surface area contributed by atoms with E-state index in [1.165, 1.54) is 17.8 Å². The SMILES string of the molecule is Cc1ccccc1SCC(=O)c1ccc(F)c(F)c1. The Kier molecular flexibility index (Phi) is 4.32. The second-order valence-electron chi connectivity index (χ2n) is 4.11. The molecule has 0 bridgehead atoms. The third-order valence-corrected chi connectivity index (χ3v) is 3.87. The minimum Gasteiger partial charge on any atom is -0.293 e. The maximum atomic E-state index is 13.0. The number of halogens is 2. The molecule has 0 aromatic heterocycles. The van der Waals surface area contributed by atoms with Crippen LogP contribution in [0, 0.1) is 18.6 Å². The number of hydrogen-bond acceptors (Lipinski definition) is 2. The molecule has 0 spiro atoms. The minimum absolute atomic E-state index is 0.194. The fourth-order valence-electron chi connectivity index (χ4n) is 1.61. The zero-order chi connectivity index (χ0) is 13.8. The molecule has 19 heavy (non-hydrogen) atoms. The van der Waals surface area contributed by atoms with Gasteiger partial charge in [0.2, 0.25) is 0 Å². The van der Waals surface area contributed by atoms with Crippen LogP contribution < -0.4 is 0 Å². The van der Waals surface area contributed by atoms with Gasteiger partial charge in [0.25, 0.3) is 0 Å². The Morgan fingerprint density at radius 1 is 1.11 bits per heavy atom. The highest BCUT2D eigenvalue weighted by atomic mass is 32.2. The predicted molar refractivity (Wildman–Crippen MR) is 72.6 cm³/mol. The summed E-state index contributed by atoms with van der Waals surface area (Å²) in [5, 5.41) is 0. The van der Waals surface area contributed by atoms with Gasteiger partial charge in [0, 0.05) is 10.5 Å². The molecule has 1 nitrogen and oxygen atoms in total. The van der Waals surface area contributed by atoms with E-state index in [9.17, 15) is 13.6 Å². The molecule has 2 rings (SSSR count). The Balaban J connectivity index is 2.05. The lowest BCUT2D eigenvalue weighted by Crippen LogP contribution is -2.03. The first-order valence-electron chi connectivity index (χ1n) is 5.74. The third-order valence-electron chi connectivity index (χ3n) is 2.69. The van der Waals surface area contributed by atoms with Crippen molar-refractivity contribution >= 4 is 17.5 Å². The molecule has 0 N–H and O–H groups in total. The van der Waals surface area contributed by atoms with Crippen molar-refractivity contribution < 1.29 is 13.6 Å². The van der Waals surface area contributed by atoms with Crippen molar-refractivity contribution in [2.75, 3.05) is 5.75 Å². The summed E-state index contributed by atoms with van der Waals surface area (Å²) in [4.78, 5) is 12.9. The van der Waals surface area contributed by atoms with E-state index >= 15 is 0 Å². The Morgan fingerprint density at radius 3 is 2.53 bits per heavy atom. The normalized spacial score (nSPS) is 10.5. The number of Topliss-reactive ketones (excluding diaryl/α,β-unsaturated/α-hetero) is 1. The molecule has 98 valence electrons. The number of carbonyl (C=O) groups is 1. The number of hydrogen-bond donors (Lipinski definition) is 0. The van der Waals surface area contributed by atoms with Crippen molar-refractivity contribution in [3.8, 4) is 0 Å². The number of thioether (sulfide) groups is 1. The number of carbonyl (C=O) groups excluding carboxylic acids is 1. The van der Waals surface area contributed by atoms with Crippen LogP contribution in [-0.4, -0.2) is 11.5 Å². The lowest BCUT2D eigenvalue weighted by atomic mass is 10.1. The van der Waals surface area contributed by atoms with Gasteiger partial charge in [-0.2, -0.15) is 0 Å². The van der Waals surface area contributed by atoms with Crippen LogP contribution in [0.3, 0.4) is 0 Å². The zero-order valence-corrected chi connectivity index (χ0v) is 11.1. The van der Waals surface area contributed by atoms with Gasteiger partial charge in [-0.25, -0.2) is 8.78 Å². The average molecular weight is 278 g/mol. The second-order valence-corrected chi connectivity index (χ2v) is 5.12. The Morgan fingerprint density at radius 2 is 1.84 bits per heavy atom. The van der Waals surface area contributed by atoms with Gasteiger partial charge in [-0.3, -0.25) is 4.79 Å². The number of benzene rings is 2. The molecule has 0 heterocycles. The van der Waals surface area contributed by atoms with E-state index in [1.54, 1.807) is 0 Å². The molecule has 0 unspecified atom stereocenters. The highest BCUT2D eigenvalue weighted by Crippen LogP contribution is 2.23. The maximum Gasteiger partial charge on any atom is 0.173 e. The van der Waals surface area contributed by atoms with E-state index in [4.69, 9.17) is 0 Å². The van der Waals surface area contributed by atoms with Crippen LogP contribution >= 0.6 is 11.8 Å². The van der Waals surface area contributed by atoms with Crippen LogP contribution in [-0.2, 0) is 0 Å². The number of ketones is 1. The number of rotatable bonds is 4. The molecule has 0 amide bonds. The molecular formula is C15H12F2OS. The van der Waals surface area contributed by atoms with Gasteiger partial charge in [0.05, 0.1) is 5.75 Å². The molecule has 2 aromatic rings. The smallest absolute Gasteiger partial charge is 0.173 e. The summed E-state index contributed by atoms with van der Waals surface area (Å²) in [5.74, 6) is -1.95. The largest absolute Gasteiger partial charge is 0.293 e. The first kappa shape index (κ1) is 13.7. The summed E-state index contributed by atoms with van der Waals surface area (Å²) in [6.45, 7) is 1.96. The minimum atomic E-state index is -0.994. The van der Waals surface area contributed by atoms with Gasteiger partial charge in [-0.1, -0.05) is 18.2 Å². The molecule has 0 atom stereocenters. The fraction of sp³-hybridized carbons (Fsp3) is 0.133. The zero-order valence-electron chi connectivity index (χ0n) is 10.3. The molecule has 0 saturated heterocycles. The van der Waals surface area contributed by atoms with Crippen LogP contribution in [0.4, 0.5) is 8.78 Å². The van der Waals surface area contributed by atoms with Crippen molar-refractivity contribution in [1.82, 2.24) is 0 Å². The quantitative estimate of drug-likeness (QED) is 0.614. The third kappa shape index (κ3) is 3.41. The van der Waals surface area contributed by atoms with Gasteiger partial charge >= 0.3 is 0 Å². The standard InChI is InChI=1S/C15H12F2OS/c1-10-4-2-3-5-15(10)19-9-14(18)11-6-7-12(16)13(17)8-11/h2-8H,9H2,1H3. The highest BCUT2D eigenvalue weighted by Gasteiger charge is 2.10. The Hall–Kier alpha value is -1.68. The molecule has 0 radical (unpaired) electrons. The van der Waals surface area contributed by atoms with Crippen LogP contribution in [0.5, 0.6) is 0 Å². The van der Waals surface area contributed by atoms with Gasteiger partial charge in [-0.05, 0) is 36.8 Å². The number of aryl methyl sites for hydroxylation is 1. The average Bonchev–Trinajstić information content (AvgIpc) is 2.40. The van der Waals surface area contributed by atoms with Gasteiger partial charge in [0.1, 0.15) is 0 Å². The topological polar surface area (TPSA) is 17.1 Å². The Labute approximate surface area is 114 Å². The maximum absolute atomic E-state index is 13.0. The van der Waals surface area contributed by atoms with Crippen LogP contribution in [0.25, 0.3) is 0 Å². The van der Waals surface area contributed by atoms with Crippen LogP contribution in [0.2, 0.25) is 0 Å².